The molecule has 0 atom stereocenters. The van der Waals surface area contributed by atoms with Crippen molar-refractivity contribution in [1.82, 2.24) is 0 Å². The normalized spacial score (nSPS) is 10.4. The molecule has 0 aliphatic heterocycles. The summed E-state index contributed by atoms with van der Waals surface area (Å²) in [6.45, 7) is 0.730. The van der Waals surface area contributed by atoms with Crippen LogP contribution in [0.5, 0.6) is 0 Å². The molecule has 0 aliphatic carbocycles. The van der Waals surface area contributed by atoms with Crippen LogP contribution >= 0.6 is 0 Å². The Morgan fingerprint density at radius 1 is 1.41 bits per heavy atom. The summed E-state index contributed by atoms with van der Waals surface area (Å²) in [5, 5.41) is 7.13. The lowest BCUT2D eigenvalue weighted by molar-refractivity contribution is 0.206. The van der Waals surface area contributed by atoms with Gasteiger partial charge < -0.3 is 15.4 Å². The summed E-state index contributed by atoms with van der Waals surface area (Å²) in [7, 11) is 3.08. The van der Waals surface area contributed by atoms with Gasteiger partial charge in [0.2, 0.25) is 0 Å². The number of benzene rings is 1. The van der Waals surface area contributed by atoms with Crippen LogP contribution in [0, 0.1) is 17.0 Å². The number of rotatable bonds is 5. The van der Waals surface area contributed by atoms with Crippen molar-refractivity contribution < 1.29 is 13.5 Å². The van der Waals surface area contributed by atoms with Crippen molar-refractivity contribution in [3.05, 3.63) is 29.3 Å². The average molecular weight is 243 g/mol. The molecule has 1 rings (SSSR count). The summed E-state index contributed by atoms with van der Waals surface area (Å²) in [4.78, 5) is 1.41. The van der Waals surface area contributed by atoms with Gasteiger partial charge in [0.25, 0.3) is 0 Å². The molecule has 0 bridgehead atoms. The van der Waals surface area contributed by atoms with E-state index in [0.29, 0.717) is 13.2 Å². The van der Waals surface area contributed by atoms with Crippen LogP contribution in [0.25, 0.3) is 0 Å². The Bertz CT molecular complexity index is 400. The number of hydrogen-bond acceptors (Lipinski definition) is 3. The molecule has 4 nitrogen and oxygen atoms in total. The highest BCUT2D eigenvalue weighted by Gasteiger charge is 2.15. The van der Waals surface area contributed by atoms with E-state index < -0.39 is 11.6 Å². The summed E-state index contributed by atoms with van der Waals surface area (Å²) in [6.07, 6.45) is 0. The quantitative estimate of drug-likeness (QED) is 0.606. The highest BCUT2D eigenvalue weighted by molar-refractivity contribution is 5.95. The monoisotopic (exact) mass is 243 g/mol. The minimum absolute atomic E-state index is 0.0314. The van der Waals surface area contributed by atoms with Gasteiger partial charge in [0.1, 0.15) is 23.2 Å². The number of ether oxygens (including phenoxy) is 1. The fraction of sp³-hybridized carbons (Fsp3) is 0.364. The van der Waals surface area contributed by atoms with Crippen LogP contribution in [0.15, 0.2) is 12.1 Å². The van der Waals surface area contributed by atoms with Crippen molar-refractivity contribution in [2.75, 3.05) is 32.2 Å². The second-order valence-electron chi connectivity index (χ2n) is 3.62. The third-order valence-electron chi connectivity index (χ3n) is 2.34. The van der Waals surface area contributed by atoms with Gasteiger partial charge in [-0.1, -0.05) is 0 Å². The summed E-state index contributed by atoms with van der Waals surface area (Å²) in [5.74, 6) is -1.85. The molecule has 0 amide bonds. The second-order valence-corrected chi connectivity index (χ2v) is 3.62. The smallest absolute Gasteiger partial charge is 0.150 e. The third-order valence-corrected chi connectivity index (χ3v) is 2.34. The number of nitrogens with zero attached hydrogens (tertiary/aromatic N) is 1. The maximum atomic E-state index is 13.7. The van der Waals surface area contributed by atoms with E-state index in [1.807, 2.05) is 0 Å². The summed E-state index contributed by atoms with van der Waals surface area (Å²) < 4.78 is 32.2. The standard InChI is InChI=1S/C11H15F2N3O/c1-16(3-4-17-2)10-8(12)5-7(11(14)15)6-9(10)13/h5-6H,3-4H2,1-2H3,(H3,14,15). The lowest BCUT2D eigenvalue weighted by Gasteiger charge is -2.20. The highest BCUT2D eigenvalue weighted by atomic mass is 19.1. The zero-order chi connectivity index (χ0) is 13.0. The molecule has 0 fully saturated rings. The Labute approximate surface area is 98.5 Å². The number of likely N-dealkylation sites (N-methyl/N-ethyl adjacent to an activating group) is 1. The van der Waals surface area contributed by atoms with Crippen LogP contribution < -0.4 is 10.6 Å². The van der Waals surface area contributed by atoms with Gasteiger partial charge in [-0.2, -0.15) is 0 Å². The molecule has 0 unspecified atom stereocenters. The molecule has 17 heavy (non-hydrogen) atoms. The predicted octanol–water partition coefficient (Wildman–Crippen LogP) is 1.33. The topological polar surface area (TPSA) is 62.3 Å². The van der Waals surface area contributed by atoms with Gasteiger partial charge >= 0.3 is 0 Å². The number of nitrogen functional groups attached to an aromatic ring is 1. The number of halogens is 2. The molecule has 0 saturated heterocycles. The molecule has 6 heteroatoms. The minimum Gasteiger partial charge on any atom is -0.384 e. The van der Waals surface area contributed by atoms with E-state index in [-0.39, 0.29) is 17.1 Å². The van der Waals surface area contributed by atoms with E-state index in [1.165, 1.54) is 12.0 Å². The van der Waals surface area contributed by atoms with Gasteiger partial charge in [-0.25, -0.2) is 8.78 Å². The maximum absolute atomic E-state index is 13.7. The van der Waals surface area contributed by atoms with Crippen LogP contribution in [0.4, 0.5) is 14.5 Å². The Morgan fingerprint density at radius 3 is 2.35 bits per heavy atom. The Hall–Kier alpha value is -1.69. The molecule has 0 aliphatic rings. The lowest BCUT2D eigenvalue weighted by atomic mass is 10.1. The van der Waals surface area contributed by atoms with Crippen molar-refractivity contribution >= 4 is 11.5 Å². The van der Waals surface area contributed by atoms with Crippen molar-refractivity contribution in [2.24, 2.45) is 5.73 Å². The molecule has 1 aromatic carbocycles. The van der Waals surface area contributed by atoms with Gasteiger partial charge in [0.05, 0.1) is 6.61 Å². The van der Waals surface area contributed by atoms with Gasteiger partial charge in [-0.05, 0) is 12.1 Å². The largest absolute Gasteiger partial charge is 0.384 e. The molecule has 0 radical (unpaired) electrons. The molecule has 94 valence electrons. The maximum Gasteiger partial charge on any atom is 0.150 e. The molecule has 3 N–H and O–H groups in total. The lowest BCUT2D eigenvalue weighted by Crippen LogP contribution is -2.24. The molecule has 1 aromatic rings. The van der Waals surface area contributed by atoms with E-state index in [9.17, 15) is 8.78 Å². The van der Waals surface area contributed by atoms with E-state index in [0.717, 1.165) is 12.1 Å². The summed E-state index contributed by atoms with van der Waals surface area (Å²) in [6, 6.07) is 2.09. The van der Waals surface area contributed by atoms with E-state index >= 15 is 0 Å². The van der Waals surface area contributed by atoms with Gasteiger partial charge in [0, 0.05) is 26.3 Å². The van der Waals surface area contributed by atoms with Crippen LogP contribution in [-0.4, -0.2) is 33.1 Å². The summed E-state index contributed by atoms with van der Waals surface area (Å²) >= 11 is 0. The molecular weight excluding hydrogens is 228 g/mol. The first kappa shape index (κ1) is 13.4. The van der Waals surface area contributed by atoms with E-state index in [1.54, 1.807) is 7.05 Å². The second kappa shape index (κ2) is 5.58. The van der Waals surface area contributed by atoms with E-state index in [4.69, 9.17) is 15.9 Å². The number of hydrogen-bond donors (Lipinski definition) is 2. The number of methoxy groups -OCH3 is 1. The van der Waals surface area contributed by atoms with Gasteiger partial charge in [0.15, 0.2) is 0 Å². The first-order chi connectivity index (χ1) is 7.97. The van der Waals surface area contributed by atoms with Crippen molar-refractivity contribution in [1.29, 1.82) is 5.41 Å². The first-order valence-corrected chi connectivity index (χ1v) is 5.01. The average Bonchev–Trinajstić information content (AvgIpc) is 2.25. The Balaban J connectivity index is 3.04. The number of anilines is 1. The van der Waals surface area contributed by atoms with E-state index in [2.05, 4.69) is 0 Å². The number of nitrogens with two attached hydrogens (primary N) is 1. The predicted molar refractivity (Wildman–Crippen MR) is 62.5 cm³/mol. The Morgan fingerprint density at radius 2 is 1.94 bits per heavy atom. The van der Waals surface area contributed by atoms with Crippen molar-refractivity contribution in [3.8, 4) is 0 Å². The zero-order valence-electron chi connectivity index (χ0n) is 9.76. The van der Waals surface area contributed by atoms with Crippen LogP contribution in [-0.2, 0) is 4.74 Å². The SMILES string of the molecule is COCCN(C)c1c(F)cc(C(=N)N)cc1F. The Kier molecular flexibility index (Phi) is 4.39. The first-order valence-electron chi connectivity index (χ1n) is 5.01. The highest BCUT2D eigenvalue weighted by Crippen LogP contribution is 2.23. The fourth-order valence-corrected chi connectivity index (χ4v) is 1.43. The third kappa shape index (κ3) is 3.13. The molecule has 0 saturated carbocycles. The van der Waals surface area contributed by atoms with Gasteiger partial charge in [-0.3, -0.25) is 5.41 Å². The van der Waals surface area contributed by atoms with Crippen LogP contribution in [0.3, 0.4) is 0 Å². The minimum atomic E-state index is -0.742. The summed E-state index contributed by atoms with van der Waals surface area (Å²) in [5.41, 5.74) is 5.06. The number of amidine groups is 1. The van der Waals surface area contributed by atoms with Crippen molar-refractivity contribution in [2.45, 2.75) is 0 Å². The van der Waals surface area contributed by atoms with Crippen LogP contribution in [0.2, 0.25) is 0 Å². The molecule has 0 aromatic heterocycles. The zero-order valence-corrected chi connectivity index (χ0v) is 9.76. The molecule has 0 spiro atoms. The van der Waals surface area contributed by atoms with Crippen molar-refractivity contribution in [3.63, 3.8) is 0 Å². The van der Waals surface area contributed by atoms with Crippen LogP contribution in [0.1, 0.15) is 5.56 Å². The van der Waals surface area contributed by atoms with Gasteiger partial charge in [-0.15, -0.1) is 0 Å². The molecular formula is C11H15F2N3O. The number of nitrogens with one attached hydrogen (secondary N) is 1. The fourth-order valence-electron chi connectivity index (χ4n) is 1.43. The molecule has 0 heterocycles.